The predicted octanol–water partition coefficient (Wildman–Crippen LogP) is 4.35. The summed E-state index contributed by atoms with van der Waals surface area (Å²) < 4.78 is 8.48. The highest BCUT2D eigenvalue weighted by atomic mass is 127. The Bertz CT molecular complexity index is 587. The lowest BCUT2D eigenvalue weighted by atomic mass is 9.76. The van der Waals surface area contributed by atoms with Gasteiger partial charge in [0.2, 0.25) is 0 Å². The fraction of sp³-hybridized carbons (Fsp3) is 0.500. The van der Waals surface area contributed by atoms with E-state index in [1.165, 1.54) is 22.7 Å². The number of fused-ring (bicyclic) bond motifs is 2. The van der Waals surface area contributed by atoms with Crippen LogP contribution in [0.2, 0.25) is 0 Å². The molecule has 0 aromatic heterocycles. The third-order valence-corrected chi connectivity index (χ3v) is 6.47. The Morgan fingerprint density at radius 3 is 2.74 bits per heavy atom. The van der Waals surface area contributed by atoms with Gasteiger partial charge in [-0.2, -0.15) is 0 Å². The van der Waals surface area contributed by atoms with E-state index in [1.54, 1.807) is 0 Å². The zero-order valence-electron chi connectivity index (χ0n) is 13.1. The third kappa shape index (κ3) is 3.61. The maximum Gasteiger partial charge on any atom is 0.310 e. The molecule has 4 atom stereocenters. The molecular weight excluding hydrogens is 516 g/mol. The Kier molecular flexibility index (Phi) is 6.01. The molecule has 0 unspecified atom stereocenters. The summed E-state index contributed by atoms with van der Waals surface area (Å²) in [6.07, 6.45) is 5.52. The van der Waals surface area contributed by atoms with E-state index in [1.807, 2.05) is 0 Å². The van der Waals surface area contributed by atoms with E-state index >= 15 is 0 Å². The molecule has 1 aromatic rings. The van der Waals surface area contributed by atoms with Crippen molar-refractivity contribution in [1.29, 1.82) is 0 Å². The molecule has 0 spiro atoms. The highest BCUT2D eigenvalue weighted by Gasteiger charge is 2.50. The number of piperidine rings is 1. The van der Waals surface area contributed by atoms with Crippen molar-refractivity contribution in [2.45, 2.75) is 37.3 Å². The molecule has 3 nitrogen and oxygen atoms in total. The number of carbonyl (C=O) groups is 1. The van der Waals surface area contributed by atoms with Crippen LogP contribution in [0.4, 0.5) is 0 Å². The van der Waals surface area contributed by atoms with Crippen molar-refractivity contribution in [3.8, 4) is 0 Å². The standard InChI is InChI=1S/C18H21I2NO2/c1-23-18(22)17-15(12-3-5-13(20)6-4-12)11-14-7-8-16(17)21(14)10-2-9-19/h2-6,9,14-17H,7-8,10-11H2,1H3/b9-2+/t14-,15+,16+,17-/m0/s1. The molecule has 0 saturated carbocycles. The summed E-state index contributed by atoms with van der Waals surface area (Å²) in [6.45, 7) is 0.936. The minimum Gasteiger partial charge on any atom is -0.469 e. The second-order valence-electron chi connectivity index (χ2n) is 6.30. The van der Waals surface area contributed by atoms with Gasteiger partial charge < -0.3 is 4.74 Å². The highest BCUT2D eigenvalue weighted by molar-refractivity contribution is 14.1. The minimum atomic E-state index is -0.0542. The lowest BCUT2D eigenvalue weighted by Crippen LogP contribution is -2.50. The average Bonchev–Trinajstić information content (AvgIpc) is 2.84. The molecule has 2 fully saturated rings. The molecule has 124 valence electrons. The molecule has 3 rings (SSSR count). The Balaban J connectivity index is 1.91. The fourth-order valence-electron chi connectivity index (χ4n) is 4.27. The number of nitrogens with zero attached hydrogens (tertiary/aromatic N) is 1. The molecule has 0 amide bonds. The normalized spacial score (nSPS) is 30.7. The van der Waals surface area contributed by atoms with E-state index in [2.05, 4.69) is 84.5 Å². The molecule has 2 aliphatic rings. The molecule has 0 N–H and O–H groups in total. The van der Waals surface area contributed by atoms with E-state index in [-0.39, 0.29) is 17.8 Å². The van der Waals surface area contributed by atoms with Gasteiger partial charge >= 0.3 is 5.97 Å². The summed E-state index contributed by atoms with van der Waals surface area (Å²) in [5.41, 5.74) is 1.28. The number of halogens is 2. The SMILES string of the molecule is COC(=O)[C@H]1[C@@H](c2ccc(I)cc2)C[C@@H]2CC[C@H]1N2C/C=C/I. The van der Waals surface area contributed by atoms with Crippen LogP contribution in [0.3, 0.4) is 0 Å². The summed E-state index contributed by atoms with van der Waals surface area (Å²) in [5.74, 6) is 0.167. The zero-order valence-corrected chi connectivity index (χ0v) is 17.4. The smallest absolute Gasteiger partial charge is 0.310 e. The van der Waals surface area contributed by atoms with E-state index in [0.717, 1.165) is 19.4 Å². The van der Waals surface area contributed by atoms with Crippen LogP contribution in [0.1, 0.15) is 30.7 Å². The topological polar surface area (TPSA) is 29.5 Å². The lowest BCUT2D eigenvalue weighted by molar-refractivity contribution is -0.150. The first kappa shape index (κ1) is 17.7. The molecule has 2 saturated heterocycles. The third-order valence-electron chi connectivity index (χ3n) is 5.24. The van der Waals surface area contributed by atoms with Gasteiger partial charge in [0.05, 0.1) is 13.0 Å². The summed E-state index contributed by atoms with van der Waals surface area (Å²) in [4.78, 5) is 15.1. The second-order valence-corrected chi connectivity index (χ2v) is 8.26. The molecule has 2 heterocycles. The highest BCUT2D eigenvalue weighted by Crippen LogP contribution is 2.47. The van der Waals surface area contributed by atoms with Gasteiger partial charge in [0.25, 0.3) is 0 Å². The minimum absolute atomic E-state index is 0.0534. The number of rotatable bonds is 4. The van der Waals surface area contributed by atoms with Crippen LogP contribution in [0.5, 0.6) is 0 Å². The second kappa shape index (κ2) is 7.82. The maximum atomic E-state index is 12.6. The van der Waals surface area contributed by atoms with Crippen molar-refractivity contribution < 1.29 is 9.53 Å². The van der Waals surface area contributed by atoms with Crippen LogP contribution in [-0.4, -0.2) is 36.6 Å². The molecule has 23 heavy (non-hydrogen) atoms. The molecule has 2 bridgehead atoms. The number of hydrogen-bond donors (Lipinski definition) is 0. The molecule has 0 radical (unpaired) electrons. The van der Waals surface area contributed by atoms with Crippen LogP contribution in [-0.2, 0) is 9.53 Å². The maximum absolute atomic E-state index is 12.6. The molecule has 0 aliphatic carbocycles. The largest absolute Gasteiger partial charge is 0.469 e. The predicted molar refractivity (Wildman–Crippen MR) is 109 cm³/mol. The Morgan fingerprint density at radius 2 is 2.09 bits per heavy atom. The van der Waals surface area contributed by atoms with Gasteiger partial charge in [-0.25, -0.2) is 0 Å². The Labute approximate surface area is 165 Å². The van der Waals surface area contributed by atoms with Crippen molar-refractivity contribution in [2.24, 2.45) is 5.92 Å². The van der Waals surface area contributed by atoms with Gasteiger partial charge in [-0.15, -0.1) is 0 Å². The van der Waals surface area contributed by atoms with Crippen LogP contribution in [0, 0.1) is 9.49 Å². The van der Waals surface area contributed by atoms with Gasteiger partial charge in [-0.1, -0.05) is 40.8 Å². The number of ether oxygens (including phenoxy) is 1. The Morgan fingerprint density at radius 1 is 1.35 bits per heavy atom. The van der Waals surface area contributed by atoms with E-state index < -0.39 is 0 Å². The number of hydrogen-bond acceptors (Lipinski definition) is 3. The number of methoxy groups -OCH3 is 1. The van der Waals surface area contributed by atoms with E-state index in [0.29, 0.717) is 12.1 Å². The van der Waals surface area contributed by atoms with Gasteiger partial charge in [0, 0.05) is 28.1 Å². The quantitative estimate of drug-likeness (QED) is 0.423. The first-order valence-corrected chi connectivity index (χ1v) is 10.3. The van der Waals surface area contributed by atoms with Crippen molar-refractivity contribution in [3.63, 3.8) is 0 Å². The Hall–Kier alpha value is -0.150. The number of benzene rings is 1. The van der Waals surface area contributed by atoms with Crippen molar-refractivity contribution in [2.75, 3.05) is 13.7 Å². The van der Waals surface area contributed by atoms with Crippen LogP contribution < -0.4 is 0 Å². The van der Waals surface area contributed by atoms with Gasteiger partial charge in [-0.3, -0.25) is 9.69 Å². The number of esters is 1. The van der Waals surface area contributed by atoms with Crippen molar-refractivity contribution >= 4 is 51.2 Å². The summed E-state index contributed by atoms with van der Waals surface area (Å²) in [7, 11) is 1.52. The lowest BCUT2D eigenvalue weighted by Gasteiger charge is -2.43. The first-order chi connectivity index (χ1) is 11.2. The fourth-order valence-corrected chi connectivity index (χ4v) is 4.86. The summed E-state index contributed by atoms with van der Waals surface area (Å²) >= 11 is 4.59. The van der Waals surface area contributed by atoms with Crippen LogP contribution >= 0.6 is 45.2 Å². The van der Waals surface area contributed by atoms with Crippen molar-refractivity contribution in [1.82, 2.24) is 4.90 Å². The molecular formula is C18H21I2NO2. The van der Waals surface area contributed by atoms with Gasteiger partial charge in [0.1, 0.15) is 0 Å². The first-order valence-electron chi connectivity index (χ1n) is 8.00. The van der Waals surface area contributed by atoms with E-state index in [9.17, 15) is 4.79 Å². The van der Waals surface area contributed by atoms with Crippen LogP contribution in [0.15, 0.2) is 34.4 Å². The van der Waals surface area contributed by atoms with Crippen LogP contribution in [0.25, 0.3) is 0 Å². The summed E-state index contributed by atoms with van der Waals surface area (Å²) in [6, 6.07) is 9.52. The van der Waals surface area contributed by atoms with Crippen molar-refractivity contribution in [3.05, 3.63) is 43.6 Å². The molecule has 2 aliphatic heterocycles. The molecule has 1 aromatic carbocycles. The van der Waals surface area contributed by atoms with E-state index in [4.69, 9.17) is 4.74 Å². The zero-order chi connectivity index (χ0) is 16.4. The average molecular weight is 537 g/mol. The monoisotopic (exact) mass is 537 g/mol. The summed E-state index contributed by atoms with van der Waals surface area (Å²) in [5, 5.41) is 0. The molecule has 5 heteroatoms. The van der Waals surface area contributed by atoms with Gasteiger partial charge in [0.15, 0.2) is 0 Å². The number of carbonyl (C=O) groups excluding carboxylic acids is 1. The van der Waals surface area contributed by atoms with Gasteiger partial charge in [-0.05, 0) is 63.6 Å².